The molecule has 7 heteroatoms. The summed E-state index contributed by atoms with van der Waals surface area (Å²) in [7, 11) is -2.96. The molecule has 17 heavy (non-hydrogen) atoms. The normalized spacial score (nSPS) is 29.8. The molecule has 5 nitrogen and oxygen atoms in total. The molecule has 2 saturated heterocycles. The molecule has 0 saturated carbocycles. The lowest BCUT2D eigenvalue weighted by atomic mass is 10.2. The maximum Gasteiger partial charge on any atom is 0.289 e. The lowest BCUT2D eigenvalue weighted by Gasteiger charge is -2.25. The minimum atomic E-state index is -2.96. The van der Waals surface area contributed by atoms with Gasteiger partial charge in [-0.05, 0) is 34.5 Å². The van der Waals surface area contributed by atoms with Crippen molar-refractivity contribution in [2.24, 2.45) is 0 Å². The first-order chi connectivity index (χ1) is 7.97. The van der Waals surface area contributed by atoms with E-state index < -0.39 is 9.84 Å². The second-order valence-corrected chi connectivity index (χ2v) is 7.51. The van der Waals surface area contributed by atoms with Crippen molar-refractivity contribution < 1.29 is 17.6 Å². The number of fused-ring (bicyclic) bond motifs is 2. The van der Waals surface area contributed by atoms with Crippen molar-refractivity contribution in [1.82, 2.24) is 4.90 Å². The molecule has 1 amide bonds. The van der Waals surface area contributed by atoms with Crippen LogP contribution in [0, 0.1) is 0 Å². The minimum absolute atomic E-state index is 0.0886. The quantitative estimate of drug-likeness (QED) is 0.776. The molecule has 0 N–H and O–H groups in total. The second kappa shape index (κ2) is 3.58. The van der Waals surface area contributed by atoms with E-state index in [2.05, 4.69) is 15.9 Å². The summed E-state index contributed by atoms with van der Waals surface area (Å²) >= 11 is 3.13. The predicted molar refractivity (Wildman–Crippen MR) is 63.4 cm³/mol. The lowest BCUT2D eigenvalue weighted by Crippen LogP contribution is -2.43. The van der Waals surface area contributed by atoms with E-state index in [1.165, 1.54) is 0 Å². The molecule has 0 aliphatic carbocycles. The first-order valence-electron chi connectivity index (χ1n) is 5.25. The third-order valence-corrected chi connectivity index (χ3v) is 5.99. The maximum atomic E-state index is 12.1. The predicted octanol–water partition coefficient (Wildman–Crippen LogP) is 1.05. The number of carbonyl (C=O) groups excluding carboxylic acids is 1. The van der Waals surface area contributed by atoms with Gasteiger partial charge in [0.15, 0.2) is 20.3 Å². The number of amides is 1. The molecule has 3 heterocycles. The first-order valence-corrected chi connectivity index (χ1v) is 7.76. The molecule has 92 valence electrons. The van der Waals surface area contributed by atoms with Gasteiger partial charge in [0, 0.05) is 12.6 Å². The summed E-state index contributed by atoms with van der Waals surface area (Å²) in [4.78, 5) is 13.7. The zero-order valence-corrected chi connectivity index (χ0v) is 11.2. The van der Waals surface area contributed by atoms with Gasteiger partial charge in [-0.1, -0.05) is 0 Å². The summed E-state index contributed by atoms with van der Waals surface area (Å²) in [5.74, 6) is 0.116. The maximum absolute atomic E-state index is 12.1. The van der Waals surface area contributed by atoms with Gasteiger partial charge in [-0.25, -0.2) is 8.42 Å². The summed E-state index contributed by atoms with van der Waals surface area (Å²) in [5, 5.41) is -0.380. The van der Waals surface area contributed by atoms with Gasteiger partial charge in [0.05, 0.1) is 11.0 Å². The second-order valence-electron chi connectivity index (χ2n) is 4.40. The topological polar surface area (TPSA) is 67.6 Å². The van der Waals surface area contributed by atoms with Crippen molar-refractivity contribution in [3.8, 4) is 0 Å². The third-order valence-electron chi connectivity index (χ3n) is 3.35. The van der Waals surface area contributed by atoms with Crippen molar-refractivity contribution in [2.45, 2.75) is 17.7 Å². The SMILES string of the molecule is O=C(c1ccc(Br)o1)N1CC2CC1CS2(=O)=O. The van der Waals surface area contributed by atoms with Crippen LogP contribution < -0.4 is 0 Å². The average Bonchev–Trinajstić information content (AvgIpc) is 2.89. The molecule has 1 aromatic rings. The number of carbonyl (C=O) groups is 1. The van der Waals surface area contributed by atoms with E-state index in [-0.39, 0.29) is 28.7 Å². The van der Waals surface area contributed by atoms with Gasteiger partial charge in [-0.15, -0.1) is 0 Å². The number of hydrogen-bond acceptors (Lipinski definition) is 4. The van der Waals surface area contributed by atoms with Crippen LogP contribution in [0.5, 0.6) is 0 Å². The zero-order valence-electron chi connectivity index (χ0n) is 8.80. The Morgan fingerprint density at radius 1 is 1.47 bits per heavy atom. The van der Waals surface area contributed by atoms with Crippen LogP contribution in [-0.2, 0) is 9.84 Å². The van der Waals surface area contributed by atoms with E-state index in [1.54, 1.807) is 17.0 Å². The van der Waals surface area contributed by atoms with Crippen molar-refractivity contribution >= 4 is 31.7 Å². The Balaban J connectivity index is 1.83. The van der Waals surface area contributed by atoms with E-state index in [1.807, 2.05) is 0 Å². The van der Waals surface area contributed by atoms with Crippen LogP contribution in [0.25, 0.3) is 0 Å². The minimum Gasteiger partial charge on any atom is -0.444 e. The van der Waals surface area contributed by atoms with Gasteiger partial charge >= 0.3 is 0 Å². The van der Waals surface area contributed by atoms with Gasteiger partial charge in [-0.3, -0.25) is 4.79 Å². The van der Waals surface area contributed by atoms with Gasteiger partial charge < -0.3 is 9.32 Å². The molecular weight excluding hydrogens is 310 g/mol. The highest BCUT2D eigenvalue weighted by Gasteiger charge is 2.50. The number of sulfone groups is 1. The van der Waals surface area contributed by atoms with Crippen LogP contribution >= 0.6 is 15.9 Å². The Bertz CT molecular complexity index is 579. The van der Waals surface area contributed by atoms with Crippen molar-refractivity contribution in [3.63, 3.8) is 0 Å². The number of hydrogen-bond donors (Lipinski definition) is 0. The highest BCUT2D eigenvalue weighted by atomic mass is 79.9. The smallest absolute Gasteiger partial charge is 0.289 e. The molecule has 0 radical (unpaired) electrons. The molecule has 1 aromatic heterocycles. The molecule has 0 aromatic carbocycles. The molecule has 2 fully saturated rings. The number of likely N-dealkylation sites (tertiary alicyclic amines) is 1. The average molecular weight is 320 g/mol. The molecular formula is C10H10BrNO4S. The van der Waals surface area contributed by atoms with Crippen LogP contribution in [0.2, 0.25) is 0 Å². The van der Waals surface area contributed by atoms with Crippen LogP contribution in [-0.4, -0.2) is 42.8 Å². The van der Waals surface area contributed by atoms with Crippen molar-refractivity contribution in [2.75, 3.05) is 12.3 Å². The third kappa shape index (κ3) is 1.72. The Labute approximate surface area is 107 Å². The van der Waals surface area contributed by atoms with Gasteiger partial charge in [0.25, 0.3) is 5.91 Å². The Morgan fingerprint density at radius 3 is 2.71 bits per heavy atom. The molecule has 2 aliphatic heterocycles. The molecule has 2 aliphatic rings. The van der Waals surface area contributed by atoms with Crippen molar-refractivity contribution in [1.29, 1.82) is 0 Å². The summed E-state index contributed by atoms with van der Waals surface area (Å²) in [6, 6.07) is 3.06. The first kappa shape index (κ1) is 11.3. The molecule has 2 unspecified atom stereocenters. The molecule has 0 spiro atoms. The molecule has 2 bridgehead atoms. The number of rotatable bonds is 1. The van der Waals surface area contributed by atoms with Crippen LogP contribution in [0.15, 0.2) is 21.2 Å². The van der Waals surface area contributed by atoms with Crippen molar-refractivity contribution in [3.05, 3.63) is 22.6 Å². The Morgan fingerprint density at radius 2 is 2.24 bits per heavy atom. The monoisotopic (exact) mass is 319 g/mol. The van der Waals surface area contributed by atoms with Crippen LogP contribution in [0.3, 0.4) is 0 Å². The van der Waals surface area contributed by atoms with Crippen LogP contribution in [0.4, 0.5) is 0 Å². The summed E-state index contributed by atoms with van der Waals surface area (Å²) < 4.78 is 28.8. The fourth-order valence-electron chi connectivity index (χ4n) is 2.52. The van der Waals surface area contributed by atoms with Gasteiger partial charge in [0.1, 0.15) is 0 Å². The Kier molecular flexibility index (Phi) is 2.38. The van der Waals surface area contributed by atoms with E-state index in [0.717, 1.165) is 0 Å². The van der Waals surface area contributed by atoms with E-state index in [9.17, 15) is 13.2 Å². The van der Waals surface area contributed by atoms with E-state index in [0.29, 0.717) is 17.6 Å². The highest BCUT2D eigenvalue weighted by molar-refractivity contribution is 9.10. The van der Waals surface area contributed by atoms with Crippen LogP contribution in [0.1, 0.15) is 17.0 Å². The number of halogens is 1. The molecule has 3 rings (SSSR count). The summed E-state index contributed by atoms with van der Waals surface area (Å²) in [6.45, 7) is 0.296. The standard InChI is InChI=1S/C10H10BrNO4S/c11-9-2-1-8(16-9)10(13)12-4-7-3-6(12)5-17(7,14)15/h1-2,6-7H,3-5H2. The lowest BCUT2D eigenvalue weighted by molar-refractivity contribution is 0.0712. The Hall–Kier alpha value is -0.820. The van der Waals surface area contributed by atoms with Gasteiger partial charge in [0.2, 0.25) is 0 Å². The zero-order chi connectivity index (χ0) is 12.2. The largest absolute Gasteiger partial charge is 0.444 e. The fourth-order valence-corrected chi connectivity index (χ4v) is 4.85. The number of furan rings is 1. The summed E-state index contributed by atoms with van der Waals surface area (Å²) in [6.07, 6.45) is 0.565. The molecule has 2 atom stereocenters. The van der Waals surface area contributed by atoms with E-state index >= 15 is 0 Å². The number of nitrogens with zero attached hydrogens (tertiary/aromatic N) is 1. The van der Waals surface area contributed by atoms with E-state index in [4.69, 9.17) is 4.42 Å². The summed E-state index contributed by atoms with van der Waals surface area (Å²) in [5.41, 5.74) is 0. The fraction of sp³-hybridized carbons (Fsp3) is 0.500. The van der Waals surface area contributed by atoms with Gasteiger partial charge in [-0.2, -0.15) is 0 Å². The highest BCUT2D eigenvalue weighted by Crippen LogP contribution is 2.34.